The molecule has 0 saturated heterocycles. The molecule has 2 amide bonds. The first-order valence-electron chi connectivity index (χ1n) is 9.12. The molecule has 0 unspecified atom stereocenters. The van der Waals surface area contributed by atoms with E-state index in [2.05, 4.69) is 10.6 Å². The minimum Gasteiger partial charge on any atom is -0.508 e. The van der Waals surface area contributed by atoms with E-state index in [1.807, 2.05) is 0 Å². The van der Waals surface area contributed by atoms with Gasteiger partial charge in [-0.3, -0.25) is 0 Å². The van der Waals surface area contributed by atoms with Gasteiger partial charge < -0.3 is 30.3 Å². The van der Waals surface area contributed by atoms with Gasteiger partial charge in [0.2, 0.25) is 0 Å². The largest absolute Gasteiger partial charge is 0.508 e. The molecule has 2 aromatic rings. The normalized spacial score (nSPS) is 15.8. The third kappa shape index (κ3) is 4.52. The summed E-state index contributed by atoms with van der Waals surface area (Å²) >= 11 is 0. The van der Waals surface area contributed by atoms with E-state index in [0.717, 1.165) is 6.07 Å². The first kappa shape index (κ1) is 20.7. The maximum Gasteiger partial charge on any atom is 0.342 e. The van der Waals surface area contributed by atoms with Gasteiger partial charge in [0.25, 0.3) is 0 Å². The van der Waals surface area contributed by atoms with Crippen LogP contribution in [0.25, 0.3) is 0 Å². The third-order valence-corrected chi connectivity index (χ3v) is 4.33. The molecule has 30 heavy (non-hydrogen) atoms. The predicted octanol–water partition coefficient (Wildman–Crippen LogP) is 2.13. The SMILES string of the molecule is CCOC(=O)C1=C(COC(=O)c2ccc(O)cc2O)NC(=O)N[C@@H]1c1ccccc1. The van der Waals surface area contributed by atoms with Gasteiger partial charge in [-0.2, -0.15) is 0 Å². The van der Waals surface area contributed by atoms with Crippen LogP contribution >= 0.6 is 0 Å². The number of esters is 2. The van der Waals surface area contributed by atoms with E-state index in [-0.39, 0.29) is 29.2 Å². The van der Waals surface area contributed by atoms with Crippen molar-refractivity contribution in [3.63, 3.8) is 0 Å². The Hall–Kier alpha value is -4.01. The number of rotatable bonds is 6. The van der Waals surface area contributed by atoms with Crippen molar-refractivity contribution in [3.05, 3.63) is 70.9 Å². The van der Waals surface area contributed by atoms with Crippen LogP contribution in [0, 0.1) is 0 Å². The topological polar surface area (TPSA) is 134 Å². The van der Waals surface area contributed by atoms with E-state index in [0.29, 0.717) is 5.56 Å². The minimum atomic E-state index is -0.896. The van der Waals surface area contributed by atoms with Gasteiger partial charge in [-0.25, -0.2) is 14.4 Å². The third-order valence-electron chi connectivity index (χ3n) is 4.33. The summed E-state index contributed by atoms with van der Waals surface area (Å²) in [7, 11) is 0. The molecule has 1 atom stereocenters. The van der Waals surface area contributed by atoms with Crippen molar-refractivity contribution in [1.29, 1.82) is 0 Å². The van der Waals surface area contributed by atoms with Crippen molar-refractivity contribution in [2.45, 2.75) is 13.0 Å². The molecule has 2 aromatic carbocycles. The molecule has 0 bridgehead atoms. The highest BCUT2D eigenvalue weighted by molar-refractivity contribution is 5.96. The summed E-state index contributed by atoms with van der Waals surface area (Å²) in [6, 6.07) is 10.9. The number of hydrogen-bond donors (Lipinski definition) is 4. The van der Waals surface area contributed by atoms with Crippen LogP contribution in [0.1, 0.15) is 28.9 Å². The Kier molecular flexibility index (Phi) is 6.21. The second-order valence-electron chi connectivity index (χ2n) is 6.33. The molecule has 1 aliphatic heterocycles. The van der Waals surface area contributed by atoms with E-state index in [9.17, 15) is 24.6 Å². The molecule has 0 radical (unpaired) electrons. The number of amides is 2. The number of phenols is 2. The molecule has 3 rings (SSSR count). The van der Waals surface area contributed by atoms with Crippen molar-refractivity contribution in [2.24, 2.45) is 0 Å². The van der Waals surface area contributed by atoms with Gasteiger partial charge in [-0.1, -0.05) is 30.3 Å². The molecule has 9 heteroatoms. The number of phenolic OH excluding ortho intramolecular Hbond substituents is 2. The fourth-order valence-electron chi connectivity index (χ4n) is 2.99. The van der Waals surface area contributed by atoms with E-state index in [1.54, 1.807) is 37.3 Å². The smallest absolute Gasteiger partial charge is 0.342 e. The second kappa shape index (κ2) is 8.99. The van der Waals surface area contributed by atoms with Crippen LogP contribution < -0.4 is 10.6 Å². The Balaban J connectivity index is 1.91. The van der Waals surface area contributed by atoms with Gasteiger partial charge >= 0.3 is 18.0 Å². The molecular weight excluding hydrogens is 392 g/mol. The van der Waals surface area contributed by atoms with Crippen molar-refractivity contribution >= 4 is 18.0 Å². The maximum absolute atomic E-state index is 12.6. The van der Waals surface area contributed by atoms with Crippen molar-refractivity contribution in [2.75, 3.05) is 13.2 Å². The minimum absolute atomic E-state index is 0.0673. The quantitative estimate of drug-likeness (QED) is 0.534. The Labute approximate surface area is 171 Å². The molecule has 0 aromatic heterocycles. The summed E-state index contributed by atoms with van der Waals surface area (Å²) in [6.07, 6.45) is 0. The average Bonchev–Trinajstić information content (AvgIpc) is 2.72. The van der Waals surface area contributed by atoms with Crippen LogP contribution in [-0.4, -0.2) is 41.4 Å². The van der Waals surface area contributed by atoms with Crippen LogP contribution in [0.15, 0.2) is 59.8 Å². The lowest BCUT2D eigenvalue weighted by atomic mass is 9.95. The molecular formula is C21H20N2O7. The lowest BCUT2D eigenvalue weighted by Crippen LogP contribution is -2.47. The number of hydrogen-bond acceptors (Lipinski definition) is 7. The Morgan fingerprint density at radius 3 is 2.43 bits per heavy atom. The Bertz CT molecular complexity index is 1000. The van der Waals surface area contributed by atoms with Gasteiger partial charge in [-0.05, 0) is 24.6 Å². The summed E-state index contributed by atoms with van der Waals surface area (Å²) in [5.41, 5.74) is 0.643. The average molecular weight is 412 g/mol. The lowest BCUT2D eigenvalue weighted by Gasteiger charge is -2.29. The molecule has 0 aliphatic carbocycles. The number of ether oxygens (including phenoxy) is 2. The summed E-state index contributed by atoms with van der Waals surface area (Å²) in [5, 5.41) is 24.3. The number of carbonyl (C=O) groups excluding carboxylic acids is 3. The highest BCUT2D eigenvalue weighted by Crippen LogP contribution is 2.28. The van der Waals surface area contributed by atoms with E-state index in [1.165, 1.54) is 12.1 Å². The fraction of sp³-hybridized carbons (Fsp3) is 0.190. The molecule has 1 heterocycles. The van der Waals surface area contributed by atoms with Gasteiger partial charge in [0, 0.05) is 6.07 Å². The zero-order valence-electron chi connectivity index (χ0n) is 16.0. The van der Waals surface area contributed by atoms with Crippen molar-refractivity contribution in [3.8, 4) is 11.5 Å². The molecule has 0 spiro atoms. The van der Waals surface area contributed by atoms with E-state index < -0.39 is 36.4 Å². The standard InChI is InChI=1S/C21H20N2O7/c1-2-29-20(27)17-15(11-30-19(26)14-9-8-13(24)10-16(14)25)22-21(28)23-18(17)12-6-4-3-5-7-12/h3-10,18,24-25H,2,11H2,1H3,(H2,22,23,28)/t18-/m1/s1. The van der Waals surface area contributed by atoms with Crippen molar-refractivity contribution < 1.29 is 34.1 Å². The molecule has 1 aliphatic rings. The second-order valence-corrected chi connectivity index (χ2v) is 6.33. The summed E-state index contributed by atoms with van der Waals surface area (Å²) in [4.78, 5) is 37.1. The molecule has 9 nitrogen and oxygen atoms in total. The summed E-state index contributed by atoms with van der Waals surface area (Å²) < 4.78 is 10.3. The summed E-state index contributed by atoms with van der Waals surface area (Å²) in [6.45, 7) is 1.33. The van der Waals surface area contributed by atoms with Gasteiger partial charge in [0.1, 0.15) is 23.7 Å². The highest BCUT2D eigenvalue weighted by atomic mass is 16.5. The van der Waals surface area contributed by atoms with Crippen molar-refractivity contribution in [1.82, 2.24) is 10.6 Å². The lowest BCUT2D eigenvalue weighted by molar-refractivity contribution is -0.139. The molecule has 156 valence electrons. The van der Waals surface area contributed by atoms with E-state index in [4.69, 9.17) is 9.47 Å². The Morgan fingerprint density at radius 1 is 1.03 bits per heavy atom. The van der Waals surface area contributed by atoms with Gasteiger partial charge in [0.05, 0.1) is 23.9 Å². The monoisotopic (exact) mass is 412 g/mol. The number of carbonyl (C=O) groups is 3. The van der Waals surface area contributed by atoms with Gasteiger partial charge in [-0.15, -0.1) is 0 Å². The number of aromatic hydroxyl groups is 2. The fourth-order valence-corrected chi connectivity index (χ4v) is 2.99. The first-order chi connectivity index (χ1) is 14.4. The van der Waals surface area contributed by atoms with E-state index >= 15 is 0 Å². The van der Waals surface area contributed by atoms with Crippen LogP contribution in [-0.2, 0) is 14.3 Å². The Morgan fingerprint density at radius 2 is 1.77 bits per heavy atom. The van der Waals surface area contributed by atoms with Gasteiger partial charge in [0.15, 0.2) is 0 Å². The van der Waals surface area contributed by atoms with Crippen LogP contribution in [0.3, 0.4) is 0 Å². The highest BCUT2D eigenvalue weighted by Gasteiger charge is 2.34. The van der Waals surface area contributed by atoms with Crippen LogP contribution in [0.4, 0.5) is 4.79 Å². The summed E-state index contributed by atoms with van der Waals surface area (Å²) in [5.74, 6) is -2.24. The number of nitrogens with one attached hydrogen (secondary N) is 2. The number of benzene rings is 2. The maximum atomic E-state index is 12.6. The van der Waals surface area contributed by atoms with Crippen LogP contribution in [0.5, 0.6) is 11.5 Å². The molecule has 0 fully saturated rings. The van der Waals surface area contributed by atoms with Crippen LogP contribution in [0.2, 0.25) is 0 Å². The zero-order chi connectivity index (χ0) is 21.7. The zero-order valence-corrected chi connectivity index (χ0v) is 16.0. The molecule has 4 N–H and O–H groups in total. The molecule has 0 saturated carbocycles. The first-order valence-corrected chi connectivity index (χ1v) is 9.12. The predicted molar refractivity (Wildman–Crippen MR) is 105 cm³/mol. The number of urea groups is 1.